The predicted octanol–water partition coefficient (Wildman–Crippen LogP) is 4.01. The Morgan fingerprint density at radius 2 is 1.49 bits per heavy atom. The van der Waals surface area contributed by atoms with Crippen LogP contribution in [0.2, 0.25) is 0 Å². The first kappa shape index (κ1) is 26.7. The maximum absolute atomic E-state index is 13.6. The molecule has 2 saturated heterocycles. The first-order chi connectivity index (χ1) is 18.9. The van der Waals surface area contributed by atoms with Gasteiger partial charge in [0.2, 0.25) is 11.8 Å². The van der Waals surface area contributed by atoms with E-state index in [0.29, 0.717) is 50.3 Å². The molecule has 1 spiro atoms. The van der Waals surface area contributed by atoms with Gasteiger partial charge in [-0.3, -0.25) is 24.1 Å². The SMILES string of the molecule is CCOc1ccccc1/C=C/C(=O)N1CCC2(CC1)CCN(C(=O)C(CC)N1C(=O)c3ccccc3C1=O)C2. The Bertz CT molecular complexity index is 1280. The van der Waals surface area contributed by atoms with Crippen molar-refractivity contribution in [3.63, 3.8) is 0 Å². The van der Waals surface area contributed by atoms with E-state index in [9.17, 15) is 19.2 Å². The number of imide groups is 1. The Hall–Kier alpha value is -3.94. The van der Waals surface area contributed by atoms with Gasteiger partial charge in [0.25, 0.3) is 11.8 Å². The standard InChI is InChI=1S/C31H35N3O5/c1-3-25(34-28(36)23-10-6-7-11-24(23)29(34)37)30(38)33-20-17-31(21-33)15-18-32(19-16-31)27(35)14-13-22-9-5-8-12-26(22)39-4-2/h5-14,25H,3-4,15-21H2,1-2H3/b14-13+. The lowest BCUT2D eigenvalue weighted by molar-refractivity contribution is -0.135. The molecule has 3 heterocycles. The lowest BCUT2D eigenvalue weighted by Crippen LogP contribution is -2.51. The Morgan fingerprint density at radius 1 is 0.897 bits per heavy atom. The number of para-hydroxylation sites is 1. The number of rotatable bonds is 7. The summed E-state index contributed by atoms with van der Waals surface area (Å²) in [6.07, 6.45) is 6.27. The van der Waals surface area contributed by atoms with Crippen LogP contribution in [0.4, 0.5) is 0 Å². The quantitative estimate of drug-likeness (QED) is 0.400. The fourth-order valence-electron chi connectivity index (χ4n) is 6.07. The minimum absolute atomic E-state index is 0.0289. The number of carbonyl (C=O) groups excluding carboxylic acids is 4. The summed E-state index contributed by atoms with van der Waals surface area (Å²) in [4.78, 5) is 57.3. The van der Waals surface area contributed by atoms with Gasteiger partial charge in [0.1, 0.15) is 11.8 Å². The van der Waals surface area contributed by atoms with E-state index >= 15 is 0 Å². The first-order valence-corrected chi connectivity index (χ1v) is 13.8. The first-order valence-electron chi connectivity index (χ1n) is 13.8. The van der Waals surface area contributed by atoms with Gasteiger partial charge < -0.3 is 14.5 Å². The molecule has 2 aromatic rings. The van der Waals surface area contributed by atoms with Gasteiger partial charge in [-0.15, -0.1) is 0 Å². The molecule has 0 N–H and O–H groups in total. The van der Waals surface area contributed by atoms with Crippen LogP contribution >= 0.6 is 0 Å². The molecule has 3 aliphatic rings. The lowest BCUT2D eigenvalue weighted by Gasteiger charge is -2.39. The summed E-state index contributed by atoms with van der Waals surface area (Å²) >= 11 is 0. The fraction of sp³-hybridized carbons (Fsp3) is 0.419. The molecule has 8 nitrogen and oxygen atoms in total. The summed E-state index contributed by atoms with van der Waals surface area (Å²) in [6, 6.07) is 13.6. The number of hydrogen-bond donors (Lipinski definition) is 0. The molecule has 204 valence electrons. The number of nitrogens with zero attached hydrogens (tertiary/aromatic N) is 3. The average molecular weight is 530 g/mol. The molecule has 5 rings (SSSR count). The molecule has 0 saturated carbocycles. The number of likely N-dealkylation sites (tertiary alicyclic amines) is 2. The van der Waals surface area contributed by atoms with Crippen molar-refractivity contribution < 1.29 is 23.9 Å². The number of fused-ring (bicyclic) bond motifs is 1. The van der Waals surface area contributed by atoms with Crippen LogP contribution in [0.25, 0.3) is 6.08 Å². The van der Waals surface area contributed by atoms with Gasteiger partial charge in [0.15, 0.2) is 0 Å². The minimum atomic E-state index is -0.807. The van der Waals surface area contributed by atoms with Crippen LogP contribution in [0.15, 0.2) is 54.6 Å². The third kappa shape index (κ3) is 5.07. The molecule has 3 aliphatic heterocycles. The van der Waals surface area contributed by atoms with E-state index in [1.165, 1.54) is 0 Å². The predicted molar refractivity (Wildman–Crippen MR) is 147 cm³/mol. The van der Waals surface area contributed by atoms with E-state index in [2.05, 4.69) is 0 Å². The zero-order chi connectivity index (χ0) is 27.6. The van der Waals surface area contributed by atoms with Crippen molar-refractivity contribution in [3.05, 3.63) is 71.3 Å². The van der Waals surface area contributed by atoms with E-state index in [4.69, 9.17) is 4.74 Å². The molecule has 39 heavy (non-hydrogen) atoms. The second-order valence-corrected chi connectivity index (χ2v) is 10.6. The van der Waals surface area contributed by atoms with E-state index in [1.807, 2.05) is 47.9 Å². The Kier molecular flexibility index (Phi) is 7.55. The van der Waals surface area contributed by atoms with Crippen molar-refractivity contribution in [2.75, 3.05) is 32.8 Å². The highest BCUT2D eigenvalue weighted by atomic mass is 16.5. The topological polar surface area (TPSA) is 87.2 Å². The van der Waals surface area contributed by atoms with Crippen molar-refractivity contribution >= 4 is 29.7 Å². The van der Waals surface area contributed by atoms with Crippen molar-refractivity contribution in [2.45, 2.75) is 45.6 Å². The number of ether oxygens (including phenoxy) is 1. The number of benzene rings is 2. The summed E-state index contributed by atoms with van der Waals surface area (Å²) in [5, 5.41) is 0. The summed E-state index contributed by atoms with van der Waals surface area (Å²) in [7, 11) is 0. The second-order valence-electron chi connectivity index (χ2n) is 10.6. The lowest BCUT2D eigenvalue weighted by atomic mass is 9.77. The van der Waals surface area contributed by atoms with Crippen LogP contribution in [-0.4, -0.2) is 77.2 Å². The van der Waals surface area contributed by atoms with Crippen LogP contribution in [0.3, 0.4) is 0 Å². The third-order valence-electron chi connectivity index (χ3n) is 8.32. The highest BCUT2D eigenvalue weighted by Crippen LogP contribution is 2.41. The number of hydrogen-bond acceptors (Lipinski definition) is 5. The summed E-state index contributed by atoms with van der Waals surface area (Å²) in [5.74, 6) is -0.233. The zero-order valence-corrected chi connectivity index (χ0v) is 22.6. The molecular weight excluding hydrogens is 494 g/mol. The van der Waals surface area contributed by atoms with Crippen LogP contribution in [-0.2, 0) is 9.59 Å². The van der Waals surface area contributed by atoms with Crippen molar-refractivity contribution in [1.29, 1.82) is 0 Å². The molecule has 1 unspecified atom stereocenters. The van der Waals surface area contributed by atoms with Gasteiger partial charge in [-0.25, -0.2) is 0 Å². The molecule has 2 fully saturated rings. The van der Waals surface area contributed by atoms with Crippen LogP contribution < -0.4 is 4.74 Å². The van der Waals surface area contributed by atoms with E-state index in [1.54, 1.807) is 36.4 Å². The normalized spacial score (nSPS) is 19.2. The van der Waals surface area contributed by atoms with E-state index < -0.39 is 17.9 Å². The van der Waals surface area contributed by atoms with Gasteiger partial charge >= 0.3 is 0 Å². The number of carbonyl (C=O) groups is 4. The fourth-order valence-corrected chi connectivity index (χ4v) is 6.07. The molecule has 0 aromatic heterocycles. The van der Waals surface area contributed by atoms with Crippen LogP contribution in [0.1, 0.15) is 65.8 Å². The van der Waals surface area contributed by atoms with Gasteiger partial charge in [0, 0.05) is 37.8 Å². The third-order valence-corrected chi connectivity index (χ3v) is 8.32. The highest BCUT2D eigenvalue weighted by molar-refractivity contribution is 6.22. The van der Waals surface area contributed by atoms with Crippen LogP contribution in [0.5, 0.6) is 5.75 Å². The molecule has 2 aromatic carbocycles. The van der Waals surface area contributed by atoms with Gasteiger partial charge in [-0.1, -0.05) is 37.3 Å². The van der Waals surface area contributed by atoms with Crippen molar-refractivity contribution in [3.8, 4) is 5.75 Å². The molecule has 1 atom stereocenters. The molecule has 0 radical (unpaired) electrons. The average Bonchev–Trinajstić information content (AvgIpc) is 3.48. The largest absolute Gasteiger partial charge is 0.493 e. The molecular formula is C31H35N3O5. The maximum atomic E-state index is 13.6. The maximum Gasteiger partial charge on any atom is 0.262 e. The Morgan fingerprint density at radius 3 is 2.10 bits per heavy atom. The summed E-state index contributed by atoms with van der Waals surface area (Å²) < 4.78 is 5.64. The molecule has 0 bridgehead atoms. The summed E-state index contributed by atoms with van der Waals surface area (Å²) in [6.45, 7) is 6.78. The van der Waals surface area contributed by atoms with Gasteiger partial charge in [-0.05, 0) is 62.3 Å². The molecule has 4 amide bonds. The smallest absolute Gasteiger partial charge is 0.262 e. The highest BCUT2D eigenvalue weighted by Gasteiger charge is 2.47. The molecule has 8 heteroatoms. The minimum Gasteiger partial charge on any atom is -0.493 e. The number of piperidine rings is 1. The van der Waals surface area contributed by atoms with Crippen molar-refractivity contribution in [1.82, 2.24) is 14.7 Å². The zero-order valence-electron chi connectivity index (χ0n) is 22.6. The van der Waals surface area contributed by atoms with E-state index in [0.717, 1.165) is 35.5 Å². The second kappa shape index (κ2) is 11.0. The van der Waals surface area contributed by atoms with E-state index in [-0.39, 0.29) is 17.2 Å². The van der Waals surface area contributed by atoms with Crippen molar-refractivity contribution in [2.24, 2.45) is 5.41 Å². The number of amides is 4. The summed E-state index contributed by atoms with van der Waals surface area (Å²) in [5.41, 5.74) is 1.55. The van der Waals surface area contributed by atoms with Crippen LogP contribution in [0, 0.1) is 5.41 Å². The molecule has 0 aliphatic carbocycles. The monoisotopic (exact) mass is 529 g/mol. The van der Waals surface area contributed by atoms with Gasteiger partial charge in [-0.2, -0.15) is 0 Å². The Labute approximate surface area is 229 Å². The van der Waals surface area contributed by atoms with Gasteiger partial charge in [0.05, 0.1) is 17.7 Å². The Balaban J connectivity index is 1.19.